The van der Waals surface area contributed by atoms with Crippen molar-refractivity contribution in [3.05, 3.63) is 45.9 Å². The molecule has 0 atom stereocenters. The third kappa shape index (κ3) is 3.17. The van der Waals surface area contributed by atoms with Gasteiger partial charge in [-0.05, 0) is 30.7 Å². The Labute approximate surface area is 121 Å². The number of hydrogen-bond donors (Lipinski definition) is 2. The summed E-state index contributed by atoms with van der Waals surface area (Å²) in [6.07, 6.45) is 0.900. The van der Waals surface area contributed by atoms with Crippen LogP contribution >= 0.6 is 11.3 Å². The van der Waals surface area contributed by atoms with Crippen LogP contribution in [0.1, 0.15) is 16.7 Å². The van der Waals surface area contributed by atoms with E-state index in [1.165, 1.54) is 28.3 Å². The van der Waals surface area contributed by atoms with Crippen LogP contribution in [0.4, 0.5) is 10.1 Å². The fourth-order valence-corrected chi connectivity index (χ4v) is 3.94. The second-order valence-electron chi connectivity index (χ2n) is 4.20. The number of nitrogen functional groups attached to an aromatic ring is 1. The maximum Gasteiger partial charge on any atom is 0.245 e. The highest BCUT2D eigenvalue weighted by molar-refractivity contribution is 7.89. The molecule has 0 saturated carbocycles. The summed E-state index contributed by atoms with van der Waals surface area (Å²) < 4.78 is 40.2. The van der Waals surface area contributed by atoms with E-state index >= 15 is 0 Å². The second kappa shape index (κ2) is 5.90. The van der Waals surface area contributed by atoms with Gasteiger partial charge in [0.25, 0.3) is 0 Å². The highest BCUT2D eigenvalue weighted by Gasteiger charge is 2.21. The largest absolute Gasteiger partial charge is 0.398 e. The quantitative estimate of drug-likeness (QED) is 0.833. The lowest BCUT2D eigenvalue weighted by Crippen LogP contribution is -2.24. The maximum absolute atomic E-state index is 13.6. The molecule has 0 aliphatic rings. The Balaban J connectivity index is 2.19. The molecule has 1 aromatic heterocycles. The lowest BCUT2D eigenvalue weighted by atomic mass is 10.3. The molecule has 108 valence electrons. The Hall–Kier alpha value is -1.44. The van der Waals surface area contributed by atoms with Crippen LogP contribution < -0.4 is 10.5 Å². The molecule has 0 aliphatic heterocycles. The van der Waals surface area contributed by atoms with Crippen molar-refractivity contribution in [3.8, 4) is 0 Å². The first-order valence-corrected chi connectivity index (χ1v) is 8.35. The van der Waals surface area contributed by atoms with E-state index in [1.54, 1.807) is 0 Å². The van der Waals surface area contributed by atoms with Crippen LogP contribution in [0.2, 0.25) is 0 Å². The zero-order valence-electron chi connectivity index (χ0n) is 10.9. The first-order valence-electron chi connectivity index (χ1n) is 6.05. The smallest absolute Gasteiger partial charge is 0.245 e. The predicted molar refractivity (Wildman–Crippen MR) is 78.5 cm³/mol. The molecule has 0 bridgehead atoms. The fourth-order valence-electron chi connectivity index (χ4n) is 1.75. The first-order chi connectivity index (χ1) is 9.44. The minimum Gasteiger partial charge on any atom is -0.398 e. The van der Waals surface area contributed by atoms with E-state index < -0.39 is 20.7 Å². The van der Waals surface area contributed by atoms with Gasteiger partial charge in [0.1, 0.15) is 10.7 Å². The van der Waals surface area contributed by atoms with Gasteiger partial charge in [0.05, 0.1) is 5.69 Å². The van der Waals surface area contributed by atoms with Gasteiger partial charge in [0.15, 0.2) is 0 Å². The molecule has 0 fully saturated rings. The van der Waals surface area contributed by atoms with Gasteiger partial charge in [0, 0.05) is 16.3 Å². The van der Waals surface area contributed by atoms with Crippen LogP contribution in [0, 0.1) is 5.82 Å². The van der Waals surface area contributed by atoms with E-state index in [9.17, 15) is 12.8 Å². The number of hydrogen-bond acceptors (Lipinski definition) is 4. The molecule has 20 heavy (non-hydrogen) atoms. The molecule has 3 N–H and O–H groups in total. The Morgan fingerprint density at radius 3 is 2.55 bits per heavy atom. The van der Waals surface area contributed by atoms with Crippen LogP contribution in [0.5, 0.6) is 0 Å². The minimum atomic E-state index is -3.96. The summed E-state index contributed by atoms with van der Waals surface area (Å²) in [6, 6.07) is 7.61. The standard InChI is InChI=1S/C13H15FN2O2S2/c1-2-9-6-7-10(19-9)8-16-20(17,18)13-11(14)4-3-5-12(13)15/h3-7,16H,2,8,15H2,1H3. The predicted octanol–water partition coefficient (Wildman–Crippen LogP) is 2.51. The molecular formula is C13H15FN2O2S2. The monoisotopic (exact) mass is 314 g/mol. The first kappa shape index (κ1) is 15.0. The number of sulfonamides is 1. The van der Waals surface area contributed by atoms with Crippen molar-refractivity contribution in [2.75, 3.05) is 5.73 Å². The van der Waals surface area contributed by atoms with E-state index in [4.69, 9.17) is 5.73 Å². The summed E-state index contributed by atoms with van der Waals surface area (Å²) in [5, 5.41) is 0. The van der Waals surface area contributed by atoms with Crippen molar-refractivity contribution in [2.24, 2.45) is 0 Å². The van der Waals surface area contributed by atoms with Crippen molar-refractivity contribution < 1.29 is 12.8 Å². The Morgan fingerprint density at radius 1 is 1.25 bits per heavy atom. The molecule has 7 heteroatoms. The zero-order valence-corrected chi connectivity index (χ0v) is 12.5. The lowest BCUT2D eigenvalue weighted by Gasteiger charge is -2.09. The number of rotatable bonds is 5. The summed E-state index contributed by atoms with van der Waals surface area (Å²) in [5.74, 6) is -0.849. The maximum atomic E-state index is 13.6. The minimum absolute atomic E-state index is 0.0991. The van der Waals surface area contributed by atoms with E-state index in [0.29, 0.717) is 0 Å². The van der Waals surface area contributed by atoms with Crippen LogP contribution in [-0.2, 0) is 23.0 Å². The molecular weight excluding hydrogens is 299 g/mol. The third-order valence-electron chi connectivity index (χ3n) is 2.77. The second-order valence-corrected chi connectivity index (χ2v) is 7.16. The topological polar surface area (TPSA) is 72.2 Å². The van der Waals surface area contributed by atoms with Crippen molar-refractivity contribution in [1.29, 1.82) is 0 Å². The molecule has 2 aromatic rings. The van der Waals surface area contributed by atoms with Gasteiger partial charge in [-0.3, -0.25) is 0 Å². The molecule has 1 heterocycles. The van der Waals surface area contributed by atoms with Crippen LogP contribution in [-0.4, -0.2) is 8.42 Å². The lowest BCUT2D eigenvalue weighted by molar-refractivity contribution is 0.558. The van der Waals surface area contributed by atoms with Gasteiger partial charge >= 0.3 is 0 Å². The van der Waals surface area contributed by atoms with Gasteiger partial charge in [0.2, 0.25) is 10.0 Å². The normalized spacial score (nSPS) is 11.7. The van der Waals surface area contributed by atoms with E-state index in [-0.39, 0.29) is 12.2 Å². The Bertz CT molecular complexity index is 691. The Kier molecular flexibility index (Phi) is 4.42. The number of benzene rings is 1. The number of anilines is 1. The molecule has 4 nitrogen and oxygen atoms in total. The number of thiophene rings is 1. The summed E-state index contributed by atoms with van der Waals surface area (Å²) in [7, 11) is -3.96. The summed E-state index contributed by atoms with van der Waals surface area (Å²) in [6.45, 7) is 2.15. The van der Waals surface area contributed by atoms with Gasteiger partial charge in [-0.1, -0.05) is 13.0 Å². The average Bonchev–Trinajstić information content (AvgIpc) is 2.84. The molecule has 1 aromatic carbocycles. The highest BCUT2D eigenvalue weighted by Crippen LogP contribution is 2.22. The van der Waals surface area contributed by atoms with Crippen molar-refractivity contribution in [1.82, 2.24) is 4.72 Å². The van der Waals surface area contributed by atoms with E-state index in [2.05, 4.69) is 4.72 Å². The number of nitrogens with one attached hydrogen (secondary N) is 1. The molecule has 0 radical (unpaired) electrons. The zero-order chi connectivity index (χ0) is 14.8. The van der Waals surface area contributed by atoms with Gasteiger partial charge in [-0.2, -0.15) is 0 Å². The molecule has 0 amide bonds. The summed E-state index contributed by atoms with van der Waals surface area (Å²) in [4.78, 5) is 1.55. The summed E-state index contributed by atoms with van der Waals surface area (Å²) >= 11 is 1.53. The third-order valence-corrected chi connectivity index (χ3v) is 5.49. The van der Waals surface area contributed by atoms with E-state index in [1.807, 2.05) is 19.1 Å². The number of aryl methyl sites for hydroxylation is 1. The van der Waals surface area contributed by atoms with Crippen LogP contribution in [0.3, 0.4) is 0 Å². The molecule has 2 rings (SSSR count). The van der Waals surface area contributed by atoms with Crippen molar-refractivity contribution in [2.45, 2.75) is 24.8 Å². The van der Waals surface area contributed by atoms with Gasteiger partial charge < -0.3 is 5.73 Å². The van der Waals surface area contributed by atoms with Gasteiger partial charge in [-0.25, -0.2) is 17.5 Å². The summed E-state index contributed by atoms with van der Waals surface area (Å²) in [5.41, 5.74) is 5.45. The van der Waals surface area contributed by atoms with Crippen molar-refractivity contribution >= 4 is 27.0 Å². The fraction of sp³-hybridized carbons (Fsp3) is 0.231. The SMILES string of the molecule is CCc1ccc(CNS(=O)(=O)c2c(N)cccc2F)s1. The van der Waals surface area contributed by atoms with Crippen LogP contribution in [0.25, 0.3) is 0 Å². The Morgan fingerprint density at radius 2 is 1.95 bits per heavy atom. The number of halogens is 1. The molecule has 0 spiro atoms. The highest BCUT2D eigenvalue weighted by atomic mass is 32.2. The van der Waals surface area contributed by atoms with E-state index in [0.717, 1.165) is 17.4 Å². The molecule has 0 unspecified atom stereocenters. The van der Waals surface area contributed by atoms with Gasteiger partial charge in [-0.15, -0.1) is 11.3 Å². The van der Waals surface area contributed by atoms with Crippen LogP contribution in [0.15, 0.2) is 35.2 Å². The van der Waals surface area contributed by atoms with Crippen molar-refractivity contribution in [3.63, 3.8) is 0 Å². The number of nitrogens with two attached hydrogens (primary N) is 1. The molecule has 0 aliphatic carbocycles. The molecule has 0 saturated heterocycles. The average molecular weight is 314 g/mol.